The highest BCUT2D eigenvalue weighted by Gasteiger charge is 2.29. The molecule has 4 aromatic rings. The topological polar surface area (TPSA) is 103 Å². The summed E-state index contributed by atoms with van der Waals surface area (Å²) in [6.45, 7) is 2.52. The smallest absolute Gasteiger partial charge is 0.412 e. The minimum atomic E-state index is -1.21. The number of rotatable bonds is 7. The molecule has 1 aliphatic rings. The summed E-state index contributed by atoms with van der Waals surface area (Å²) in [4.78, 5) is 24.6. The van der Waals surface area contributed by atoms with Crippen LogP contribution in [0.1, 0.15) is 34.3 Å². The van der Waals surface area contributed by atoms with Crippen LogP contribution in [0.3, 0.4) is 0 Å². The fraction of sp³-hybridized carbons (Fsp3) is 0.148. The lowest BCUT2D eigenvalue weighted by atomic mass is 9.98. The zero-order valence-corrected chi connectivity index (χ0v) is 19.0. The fourth-order valence-corrected chi connectivity index (χ4v) is 4.40. The second-order valence-corrected chi connectivity index (χ2v) is 8.00. The molecule has 0 saturated carbocycles. The zero-order chi connectivity index (χ0) is 24.4. The number of fused-ring (bicyclic) bond motifs is 3. The third-order valence-corrected chi connectivity index (χ3v) is 5.96. The molecule has 8 heteroatoms. The van der Waals surface area contributed by atoms with Crippen molar-refractivity contribution in [2.75, 3.05) is 18.5 Å². The van der Waals surface area contributed by atoms with Crippen LogP contribution in [0.2, 0.25) is 0 Å². The molecule has 176 valence electrons. The number of amides is 1. The van der Waals surface area contributed by atoms with Crippen LogP contribution in [0.15, 0.2) is 79.0 Å². The third kappa shape index (κ3) is 4.21. The Kier molecular flexibility index (Phi) is 5.93. The van der Waals surface area contributed by atoms with Crippen LogP contribution in [-0.4, -0.2) is 40.2 Å². The lowest BCUT2D eigenvalue weighted by Crippen LogP contribution is -2.21. The standard InChI is InChI=1S/C27H23N3O5/c1-2-34-18-13-11-17(12-14-18)30-25(23(15-28-30)26(31)32)29-27(33)35-16-24-21-9-5-3-7-19(21)20-8-4-6-10-22(20)24/h3-15,24H,2,16H2,1H3,(H,29,33)(H,31,32). The van der Waals surface area contributed by atoms with Crippen LogP contribution in [-0.2, 0) is 4.74 Å². The maximum Gasteiger partial charge on any atom is 0.412 e. The maximum absolute atomic E-state index is 12.8. The van der Waals surface area contributed by atoms with Crippen molar-refractivity contribution in [3.8, 4) is 22.6 Å². The highest BCUT2D eigenvalue weighted by molar-refractivity contribution is 5.98. The Morgan fingerprint density at radius 1 is 0.971 bits per heavy atom. The van der Waals surface area contributed by atoms with Gasteiger partial charge >= 0.3 is 12.1 Å². The van der Waals surface area contributed by atoms with E-state index in [-0.39, 0.29) is 23.9 Å². The number of carbonyl (C=O) groups excluding carboxylic acids is 1. The number of aromatic nitrogens is 2. The summed E-state index contributed by atoms with van der Waals surface area (Å²) in [5.41, 5.74) is 4.85. The van der Waals surface area contributed by atoms with Gasteiger partial charge < -0.3 is 14.6 Å². The van der Waals surface area contributed by atoms with E-state index >= 15 is 0 Å². The van der Waals surface area contributed by atoms with Crippen molar-refractivity contribution in [2.45, 2.75) is 12.8 Å². The molecule has 0 atom stereocenters. The van der Waals surface area contributed by atoms with Crippen molar-refractivity contribution in [2.24, 2.45) is 0 Å². The quantitative estimate of drug-likeness (QED) is 0.379. The van der Waals surface area contributed by atoms with Gasteiger partial charge in [0.25, 0.3) is 0 Å². The van der Waals surface area contributed by atoms with E-state index < -0.39 is 12.1 Å². The molecule has 0 aliphatic heterocycles. The Hall–Kier alpha value is -4.59. The van der Waals surface area contributed by atoms with E-state index in [0.717, 1.165) is 22.3 Å². The number of nitrogens with zero attached hydrogens (tertiary/aromatic N) is 2. The van der Waals surface area contributed by atoms with Gasteiger partial charge in [0.05, 0.1) is 18.5 Å². The van der Waals surface area contributed by atoms with Gasteiger partial charge in [0.15, 0.2) is 5.82 Å². The van der Waals surface area contributed by atoms with E-state index in [9.17, 15) is 14.7 Å². The molecule has 3 aromatic carbocycles. The molecular weight excluding hydrogens is 446 g/mol. The molecule has 0 unspecified atom stereocenters. The zero-order valence-electron chi connectivity index (χ0n) is 19.0. The number of aromatic carboxylic acids is 1. The molecule has 0 fully saturated rings. The molecular formula is C27H23N3O5. The number of carboxylic acids is 1. The van der Waals surface area contributed by atoms with E-state index in [0.29, 0.717) is 18.0 Å². The largest absolute Gasteiger partial charge is 0.494 e. The first-order valence-electron chi connectivity index (χ1n) is 11.2. The summed E-state index contributed by atoms with van der Waals surface area (Å²) in [6.07, 6.45) is 0.430. The number of ether oxygens (including phenoxy) is 2. The second-order valence-electron chi connectivity index (χ2n) is 8.00. The molecule has 35 heavy (non-hydrogen) atoms. The molecule has 0 bridgehead atoms. The lowest BCUT2D eigenvalue weighted by Gasteiger charge is -2.15. The minimum Gasteiger partial charge on any atom is -0.494 e. The molecule has 1 heterocycles. The Morgan fingerprint density at radius 2 is 1.60 bits per heavy atom. The molecule has 2 N–H and O–H groups in total. The van der Waals surface area contributed by atoms with Crippen LogP contribution in [0.25, 0.3) is 16.8 Å². The Morgan fingerprint density at radius 3 is 2.20 bits per heavy atom. The van der Waals surface area contributed by atoms with Crippen molar-refractivity contribution in [3.63, 3.8) is 0 Å². The van der Waals surface area contributed by atoms with E-state index in [1.165, 1.54) is 10.9 Å². The van der Waals surface area contributed by atoms with Gasteiger partial charge in [0.1, 0.15) is 17.9 Å². The number of hydrogen-bond acceptors (Lipinski definition) is 5. The molecule has 1 amide bonds. The highest BCUT2D eigenvalue weighted by Crippen LogP contribution is 2.44. The van der Waals surface area contributed by atoms with Gasteiger partial charge in [-0.05, 0) is 53.4 Å². The van der Waals surface area contributed by atoms with E-state index in [1.807, 2.05) is 43.3 Å². The van der Waals surface area contributed by atoms with Crippen LogP contribution in [0, 0.1) is 0 Å². The first-order valence-corrected chi connectivity index (χ1v) is 11.2. The predicted octanol–water partition coefficient (Wildman–Crippen LogP) is 5.33. The molecule has 0 saturated heterocycles. The highest BCUT2D eigenvalue weighted by atomic mass is 16.5. The Balaban J connectivity index is 1.36. The van der Waals surface area contributed by atoms with Crippen molar-refractivity contribution >= 4 is 17.9 Å². The minimum absolute atomic E-state index is 0.0129. The summed E-state index contributed by atoms with van der Waals surface area (Å²) in [6, 6.07) is 23.0. The Labute approximate surface area is 201 Å². The maximum atomic E-state index is 12.8. The summed E-state index contributed by atoms with van der Waals surface area (Å²) in [5, 5.41) is 16.3. The first kappa shape index (κ1) is 22.2. The summed E-state index contributed by atoms with van der Waals surface area (Å²) < 4.78 is 12.4. The van der Waals surface area contributed by atoms with Crippen molar-refractivity contribution < 1.29 is 24.2 Å². The van der Waals surface area contributed by atoms with Gasteiger partial charge in [-0.3, -0.25) is 5.32 Å². The third-order valence-electron chi connectivity index (χ3n) is 5.96. The van der Waals surface area contributed by atoms with Crippen molar-refractivity contribution in [3.05, 3.63) is 95.7 Å². The number of carboxylic acid groups (broad SMARTS) is 1. The average Bonchev–Trinajstić information content (AvgIpc) is 3.43. The fourth-order valence-electron chi connectivity index (χ4n) is 4.40. The number of carbonyl (C=O) groups is 2. The lowest BCUT2D eigenvalue weighted by molar-refractivity contribution is 0.0698. The second kappa shape index (κ2) is 9.34. The average molecular weight is 469 g/mol. The number of benzene rings is 3. The SMILES string of the molecule is CCOc1ccc(-n2ncc(C(=O)O)c2NC(=O)OCC2c3ccccc3-c3ccccc32)cc1. The summed E-state index contributed by atoms with van der Waals surface area (Å²) >= 11 is 0. The van der Waals surface area contributed by atoms with Crippen LogP contribution >= 0.6 is 0 Å². The van der Waals surface area contributed by atoms with Crippen LogP contribution < -0.4 is 10.1 Å². The van der Waals surface area contributed by atoms with Gasteiger partial charge in [-0.25, -0.2) is 14.3 Å². The van der Waals surface area contributed by atoms with Crippen LogP contribution in [0.4, 0.5) is 10.6 Å². The summed E-state index contributed by atoms with van der Waals surface area (Å²) in [5.74, 6) is -0.633. The van der Waals surface area contributed by atoms with Crippen molar-refractivity contribution in [1.82, 2.24) is 9.78 Å². The van der Waals surface area contributed by atoms with E-state index in [1.54, 1.807) is 24.3 Å². The van der Waals surface area contributed by atoms with E-state index in [4.69, 9.17) is 9.47 Å². The van der Waals surface area contributed by atoms with E-state index in [2.05, 4.69) is 22.5 Å². The normalized spacial score (nSPS) is 12.0. The number of hydrogen-bond donors (Lipinski definition) is 2. The monoisotopic (exact) mass is 469 g/mol. The molecule has 1 aromatic heterocycles. The first-order chi connectivity index (χ1) is 17.1. The van der Waals surface area contributed by atoms with Gasteiger partial charge in [0, 0.05) is 5.92 Å². The van der Waals surface area contributed by atoms with Crippen LogP contribution in [0.5, 0.6) is 5.75 Å². The predicted molar refractivity (Wildman–Crippen MR) is 130 cm³/mol. The molecule has 1 aliphatic carbocycles. The summed E-state index contributed by atoms with van der Waals surface area (Å²) in [7, 11) is 0. The Bertz CT molecular complexity index is 1350. The molecule has 5 rings (SSSR count). The number of anilines is 1. The molecule has 8 nitrogen and oxygen atoms in total. The number of nitrogens with one attached hydrogen (secondary N) is 1. The molecule has 0 spiro atoms. The van der Waals surface area contributed by atoms with Gasteiger partial charge in [-0.1, -0.05) is 48.5 Å². The van der Waals surface area contributed by atoms with Gasteiger partial charge in [0.2, 0.25) is 0 Å². The molecule has 0 radical (unpaired) electrons. The van der Waals surface area contributed by atoms with Gasteiger partial charge in [-0.2, -0.15) is 5.10 Å². The van der Waals surface area contributed by atoms with Gasteiger partial charge in [-0.15, -0.1) is 0 Å². The van der Waals surface area contributed by atoms with Crippen molar-refractivity contribution in [1.29, 1.82) is 0 Å².